The third-order valence-corrected chi connectivity index (χ3v) is 4.88. The molecule has 0 bridgehead atoms. The molecule has 6 heteroatoms. The lowest BCUT2D eigenvalue weighted by atomic mass is 9.96. The van der Waals surface area contributed by atoms with Crippen molar-refractivity contribution in [3.8, 4) is 0 Å². The molecule has 0 aliphatic carbocycles. The molecule has 1 N–H and O–H groups in total. The second-order valence-electron chi connectivity index (χ2n) is 5.78. The highest BCUT2D eigenvalue weighted by atomic mass is 35.5. The molecule has 1 saturated heterocycles. The Bertz CT molecular complexity index is 716. The van der Waals surface area contributed by atoms with Crippen LogP contribution in [0.15, 0.2) is 48.5 Å². The molecule has 0 radical (unpaired) electrons. The predicted molar refractivity (Wildman–Crippen MR) is 95.9 cm³/mol. The SMILES string of the molecule is O=C(O)N1CCN(C(c2ccccc2)c2ccc(Cl)cc2Cl)CC1. The van der Waals surface area contributed by atoms with E-state index in [0.29, 0.717) is 36.2 Å². The van der Waals surface area contributed by atoms with Gasteiger partial charge in [-0.05, 0) is 23.3 Å². The Hall–Kier alpha value is -1.75. The molecule has 1 amide bonds. The first-order chi connectivity index (χ1) is 11.6. The molecule has 4 nitrogen and oxygen atoms in total. The van der Waals surface area contributed by atoms with E-state index in [9.17, 15) is 4.79 Å². The number of carbonyl (C=O) groups is 1. The zero-order valence-electron chi connectivity index (χ0n) is 13.0. The van der Waals surface area contributed by atoms with E-state index in [1.807, 2.05) is 30.3 Å². The summed E-state index contributed by atoms with van der Waals surface area (Å²) in [5.41, 5.74) is 2.11. The van der Waals surface area contributed by atoms with E-state index in [2.05, 4.69) is 17.0 Å². The molecule has 1 aliphatic heterocycles. The van der Waals surface area contributed by atoms with Gasteiger partial charge < -0.3 is 10.0 Å². The van der Waals surface area contributed by atoms with Crippen LogP contribution < -0.4 is 0 Å². The van der Waals surface area contributed by atoms with Crippen LogP contribution in [0.5, 0.6) is 0 Å². The fraction of sp³-hybridized carbons (Fsp3) is 0.278. The van der Waals surface area contributed by atoms with Crippen molar-refractivity contribution in [2.24, 2.45) is 0 Å². The smallest absolute Gasteiger partial charge is 0.407 e. The van der Waals surface area contributed by atoms with Crippen LogP contribution in [0.1, 0.15) is 17.2 Å². The minimum absolute atomic E-state index is 0.0214. The van der Waals surface area contributed by atoms with E-state index in [4.69, 9.17) is 28.3 Å². The van der Waals surface area contributed by atoms with E-state index in [1.165, 1.54) is 4.90 Å². The average molecular weight is 365 g/mol. The molecule has 1 fully saturated rings. The largest absolute Gasteiger partial charge is 0.465 e. The summed E-state index contributed by atoms with van der Waals surface area (Å²) in [5, 5.41) is 10.4. The minimum atomic E-state index is -0.865. The molecule has 0 aromatic heterocycles. The Labute approximate surface area is 151 Å². The highest BCUT2D eigenvalue weighted by Crippen LogP contribution is 2.35. The Morgan fingerprint density at radius 2 is 1.67 bits per heavy atom. The van der Waals surface area contributed by atoms with Gasteiger partial charge in [0.15, 0.2) is 0 Å². The van der Waals surface area contributed by atoms with E-state index < -0.39 is 6.09 Å². The van der Waals surface area contributed by atoms with Crippen molar-refractivity contribution in [1.82, 2.24) is 9.80 Å². The van der Waals surface area contributed by atoms with Gasteiger partial charge in [0.05, 0.1) is 6.04 Å². The van der Waals surface area contributed by atoms with Gasteiger partial charge in [-0.15, -0.1) is 0 Å². The zero-order valence-corrected chi connectivity index (χ0v) is 14.5. The summed E-state index contributed by atoms with van der Waals surface area (Å²) < 4.78 is 0. The van der Waals surface area contributed by atoms with Crippen molar-refractivity contribution < 1.29 is 9.90 Å². The van der Waals surface area contributed by atoms with Crippen molar-refractivity contribution in [2.45, 2.75) is 6.04 Å². The lowest BCUT2D eigenvalue weighted by Crippen LogP contribution is -2.49. The summed E-state index contributed by atoms with van der Waals surface area (Å²) in [6.07, 6.45) is -0.865. The maximum Gasteiger partial charge on any atom is 0.407 e. The summed E-state index contributed by atoms with van der Waals surface area (Å²) in [7, 11) is 0. The molecule has 1 heterocycles. The van der Waals surface area contributed by atoms with Crippen molar-refractivity contribution >= 4 is 29.3 Å². The van der Waals surface area contributed by atoms with Crippen LogP contribution in [0.4, 0.5) is 4.79 Å². The van der Waals surface area contributed by atoms with Crippen LogP contribution in [0.2, 0.25) is 10.0 Å². The lowest BCUT2D eigenvalue weighted by molar-refractivity contribution is 0.0932. The first kappa shape index (κ1) is 17.1. The Kier molecular flexibility index (Phi) is 5.29. The molecule has 0 saturated carbocycles. The van der Waals surface area contributed by atoms with Crippen LogP contribution in [0, 0.1) is 0 Å². The molecule has 1 aliphatic rings. The molecule has 2 aromatic carbocycles. The molecular formula is C18H18Cl2N2O2. The van der Waals surface area contributed by atoms with Gasteiger partial charge in [-0.25, -0.2) is 4.79 Å². The van der Waals surface area contributed by atoms with E-state index in [1.54, 1.807) is 6.07 Å². The molecule has 1 unspecified atom stereocenters. The molecule has 1 atom stereocenters. The standard InChI is InChI=1S/C18H18Cl2N2O2/c19-14-6-7-15(16(20)12-14)17(13-4-2-1-3-5-13)21-8-10-22(11-9-21)18(23)24/h1-7,12,17H,8-11H2,(H,23,24). The second kappa shape index (κ2) is 7.43. The molecule has 2 aromatic rings. The van der Waals surface area contributed by atoms with E-state index in [-0.39, 0.29) is 6.04 Å². The van der Waals surface area contributed by atoms with Gasteiger partial charge in [0.2, 0.25) is 0 Å². The number of nitrogens with zero attached hydrogens (tertiary/aromatic N) is 2. The summed E-state index contributed by atoms with van der Waals surface area (Å²) in [6, 6.07) is 15.6. The number of piperazine rings is 1. The molecular weight excluding hydrogens is 347 g/mol. The van der Waals surface area contributed by atoms with Crippen molar-refractivity contribution in [2.75, 3.05) is 26.2 Å². The number of carboxylic acid groups (broad SMARTS) is 1. The Morgan fingerprint density at radius 1 is 1.00 bits per heavy atom. The van der Waals surface area contributed by atoms with E-state index >= 15 is 0 Å². The number of benzene rings is 2. The van der Waals surface area contributed by atoms with Crippen LogP contribution in [0.25, 0.3) is 0 Å². The topological polar surface area (TPSA) is 43.8 Å². The fourth-order valence-corrected chi connectivity index (χ4v) is 3.63. The fourth-order valence-electron chi connectivity index (χ4n) is 3.12. The predicted octanol–water partition coefficient (Wildman–Crippen LogP) is 4.38. The summed E-state index contributed by atoms with van der Waals surface area (Å²) >= 11 is 12.5. The van der Waals surface area contributed by atoms with Gasteiger partial charge in [0.1, 0.15) is 0 Å². The highest BCUT2D eigenvalue weighted by molar-refractivity contribution is 6.35. The van der Waals surface area contributed by atoms with Crippen molar-refractivity contribution in [3.63, 3.8) is 0 Å². The molecule has 126 valence electrons. The Balaban J connectivity index is 1.93. The van der Waals surface area contributed by atoms with Crippen molar-refractivity contribution in [1.29, 1.82) is 0 Å². The first-order valence-electron chi connectivity index (χ1n) is 7.78. The van der Waals surface area contributed by atoms with Crippen LogP contribution >= 0.6 is 23.2 Å². The van der Waals surface area contributed by atoms with Gasteiger partial charge >= 0.3 is 6.09 Å². The Morgan fingerprint density at radius 3 is 2.25 bits per heavy atom. The third kappa shape index (κ3) is 3.66. The summed E-state index contributed by atoms with van der Waals surface area (Å²) in [5.74, 6) is 0. The molecule has 3 rings (SSSR count). The van der Waals surface area contributed by atoms with Crippen LogP contribution in [0.3, 0.4) is 0 Å². The minimum Gasteiger partial charge on any atom is -0.465 e. The number of hydrogen-bond donors (Lipinski definition) is 1. The summed E-state index contributed by atoms with van der Waals surface area (Å²) in [6.45, 7) is 2.30. The monoisotopic (exact) mass is 364 g/mol. The first-order valence-corrected chi connectivity index (χ1v) is 8.53. The van der Waals surface area contributed by atoms with Crippen LogP contribution in [-0.2, 0) is 0 Å². The van der Waals surface area contributed by atoms with Gasteiger partial charge in [-0.1, -0.05) is 59.6 Å². The lowest BCUT2D eigenvalue weighted by Gasteiger charge is -2.39. The summed E-state index contributed by atoms with van der Waals surface area (Å²) in [4.78, 5) is 14.8. The maximum absolute atomic E-state index is 11.1. The molecule has 0 spiro atoms. The van der Waals surface area contributed by atoms with Gasteiger partial charge in [-0.3, -0.25) is 4.90 Å². The van der Waals surface area contributed by atoms with Gasteiger partial charge in [-0.2, -0.15) is 0 Å². The second-order valence-corrected chi connectivity index (χ2v) is 6.63. The number of rotatable bonds is 3. The van der Waals surface area contributed by atoms with Gasteiger partial charge in [0, 0.05) is 36.2 Å². The van der Waals surface area contributed by atoms with Crippen LogP contribution in [-0.4, -0.2) is 47.2 Å². The number of hydrogen-bond acceptors (Lipinski definition) is 2. The van der Waals surface area contributed by atoms with Gasteiger partial charge in [0.25, 0.3) is 0 Å². The zero-order chi connectivity index (χ0) is 17.1. The normalized spacial score (nSPS) is 16.8. The third-order valence-electron chi connectivity index (χ3n) is 4.32. The van der Waals surface area contributed by atoms with E-state index in [0.717, 1.165) is 11.1 Å². The molecule has 24 heavy (non-hydrogen) atoms. The van der Waals surface area contributed by atoms with Crippen molar-refractivity contribution in [3.05, 3.63) is 69.7 Å². The quantitative estimate of drug-likeness (QED) is 0.878. The highest BCUT2D eigenvalue weighted by Gasteiger charge is 2.29. The average Bonchev–Trinajstić information content (AvgIpc) is 2.58. The number of halogens is 2. The maximum atomic E-state index is 11.1. The number of amides is 1.